The summed E-state index contributed by atoms with van der Waals surface area (Å²) in [5.41, 5.74) is 0. The molecule has 0 unspecified atom stereocenters. The van der Waals surface area contributed by atoms with Gasteiger partial charge in [0, 0.05) is 0 Å². The second-order valence-corrected chi connectivity index (χ2v) is 0.575. The standard InChI is InChI=1S/F3P.H3N/c1-4(2)3;/h;1H3. The molecule has 0 aromatic carbocycles. The maximum Gasteiger partial charge on any atom is 0.456 e. The molecule has 5 heavy (non-hydrogen) atoms. The Morgan fingerprint density at radius 3 is 1.00 bits per heavy atom. The summed E-state index contributed by atoms with van der Waals surface area (Å²) in [6, 6.07) is 0. The Kier molecular flexibility index (Phi) is 7.48. The zero-order chi connectivity index (χ0) is 3.58. The minimum absolute atomic E-state index is 0. The highest BCUT2D eigenvalue weighted by atomic mass is 31.2. The van der Waals surface area contributed by atoms with E-state index >= 15 is 0 Å². The van der Waals surface area contributed by atoms with Crippen LogP contribution in [0.15, 0.2) is 0 Å². The lowest BCUT2D eigenvalue weighted by atomic mass is 14.0. The van der Waals surface area contributed by atoms with E-state index in [-0.39, 0.29) is 6.15 Å². The molecule has 0 heterocycles. The highest BCUT2D eigenvalue weighted by Gasteiger charge is 1.91. The summed E-state index contributed by atoms with van der Waals surface area (Å²) in [6.45, 7) is 0. The Morgan fingerprint density at radius 1 is 1.00 bits per heavy atom. The molecule has 0 saturated carbocycles. The summed E-state index contributed by atoms with van der Waals surface area (Å²) in [4.78, 5) is 0. The van der Waals surface area contributed by atoms with Crippen LogP contribution >= 0.6 is 8.85 Å². The van der Waals surface area contributed by atoms with E-state index in [0.29, 0.717) is 0 Å². The molecule has 0 bridgehead atoms. The van der Waals surface area contributed by atoms with Crippen molar-refractivity contribution in [2.24, 2.45) is 0 Å². The Morgan fingerprint density at radius 2 is 1.00 bits per heavy atom. The quantitative estimate of drug-likeness (QED) is 0.471. The Balaban J connectivity index is 0. The van der Waals surface area contributed by atoms with Gasteiger partial charge >= 0.3 is 8.85 Å². The third kappa shape index (κ3) is 613. The molecule has 0 fully saturated rings. The Bertz CT molecular complexity index is 11.6. The smallest absolute Gasteiger partial charge is 0.344 e. The molecule has 0 radical (unpaired) electrons. The molecule has 34 valence electrons. The molecular formula is H3F3NP. The van der Waals surface area contributed by atoms with Gasteiger partial charge in [-0.15, -0.1) is 0 Å². The lowest BCUT2D eigenvalue weighted by molar-refractivity contribution is 0.633. The SMILES string of the molecule is FP(F)F.N. The molecule has 3 N–H and O–H groups in total. The molecular weight excluding hydrogens is 102 g/mol. The summed E-state index contributed by atoms with van der Waals surface area (Å²) in [5, 5.41) is 0. The average molecular weight is 105 g/mol. The van der Waals surface area contributed by atoms with Crippen LogP contribution in [0.4, 0.5) is 12.6 Å². The first-order chi connectivity index (χ1) is 1.73. The summed E-state index contributed by atoms with van der Waals surface area (Å²) in [6.07, 6.45) is 0. The lowest BCUT2D eigenvalue weighted by Crippen LogP contribution is -1.10. The number of hydrogen-bond acceptors (Lipinski definition) is 1. The van der Waals surface area contributed by atoms with Gasteiger partial charge in [0.15, 0.2) is 0 Å². The van der Waals surface area contributed by atoms with Crippen LogP contribution in [0.1, 0.15) is 0 Å². The topological polar surface area (TPSA) is 35.0 Å². The number of halogens is 3. The van der Waals surface area contributed by atoms with Crippen molar-refractivity contribution in [2.45, 2.75) is 0 Å². The van der Waals surface area contributed by atoms with E-state index < -0.39 is 8.85 Å². The van der Waals surface area contributed by atoms with E-state index in [1.54, 1.807) is 0 Å². The van der Waals surface area contributed by atoms with E-state index in [2.05, 4.69) is 0 Å². The fourth-order valence-electron chi connectivity index (χ4n) is 0. The molecule has 0 saturated heterocycles. The second-order valence-electron chi connectivity index (χ2n) is 0.192. The van der Waals surface area contributed by atoms with Crippen molar-refractivity contribution >= 4 is 8.85 Å². The zero-order valence-corrected chi connectivity index (χ0v) is 3.18. The zero-order valence-electron chi connectivity index (χ0n) is 2.29. The minimum Gasteiger partial charge on any atom is -0.344 e. The molecule has 1 nitrogen and oxygen atoms in total. The van der Waals surface area contributed by atoms with Crippen LogP contribution in [0.2, 0.25) is 0 Å². The second kappa shape index (κ2) is 4.18. The van der Waals surface area contributed by atoms with Gasteiger partial charge < -0.3 is 6.15 Å². The molecule has 0 aromatic rings. The molecule has 0 atom stereocenters. The predicted molar refractivity (Wildman–Crippen MR) is 15.3 cm³/mol. The molecule has 0 aliphatic rings. The molecule has 0 aromatic heterocycles. The van der Waals surface area contributed by atoms with E-state index in [4.69, 9.17) is 0 Å². The van der Waals surface area contributed by atoms with Gasteiger partial charge in [0.2, 0.25) is 0 Å². The number of rotatable bonds is 0. The number of hydrogen-bond donors (Lipinski definition) is 1. The predicted octanol–water partition coefficient (Wildman–Crippen LogP) is 2.28. The first-order valence-corrected chi connectivity index (χ1v) is 1.52. The van der Waals surface area contributed by atoms with Crippen LogP contribution in [0.25, 0.3) is 0 Å². The van der Waals surface area contributed by atoms with Gasteiger partial charge in [0.05, 0.1) is 0 Å². The van der Waals surface area contributed by atoms with E-state index in [9.17, 15) is 12.6 Å². The molecule has 0 spiro atoms. The first kappa shape index (κ1) is 8.95. The van der Waals surface area contributed by atoms with E-state index in [1.165, 1.54) is 0 Å². The lowest BCUT2D eigenvalue weighted by Gasteiger charge is -1.61. The van der Waals surface area contributed by atoms with Crippen molar-refractivity contribution in [3.8, 4) is 0 Å². The van der Waals surface area contributed by atoms with Gasteiger partial charge in [-0.25, -0.2) is 0 Å². The van der Waals surface area contributed by atoms with Crippen LogP contribution in [0, 0.1) is 0 Å². The van der Waals surface area contributed by atoms with Gasteiger partial charge in [0.25, 0.3) is 0 Å². The molecule has 5 heteroatoms. The Hall–Kier alpha value is 0.180. The third-order valence-corrected chi connectivity index (χ3v) is 0. The molecule has 0 rings (SSSR count). The third-order valence-electron chi connectivity index (χ3n) is 0. The monoisotopic (exact) mass is 105 g/mol. The van der Waals surface area contributed by atoms with Crippen molar-refractivity contribution in [1.29, 1.82) is 0 Å². The van der Waals surface area contributed by atoms with Crippen molar-refractivity contribution < 1.29 is 12.6 Å². The highest BCUT2D eigenvalue weighted by molar-refractivity contribution is 7.40. The van der Waals surface area contributed by atoms with Crippen LogP contribution in [-0.2, 0) is 0 Å². The summed E-state index contributed by atoms with van der Waals surface area (Å²) in [5.74, 6) is 0. The fraction of sp³-hybridized carbons (Fsp3) is 0. The van der Waals surface area contributed by atoms with Crippen molar-refractivity contribution in [3.05, 3.63) is 0 Å². The summed E-state index contributed by atoms with van der Waals surface area (Å²) in [7, 11) is -4.12. The Labute approximate surface area is 28.9 Å². The van der Waals surface area contributed by atoms with Gasteiger partial charge in [-0.2, -0.15) is 12.6 Å². The van der Waals surface area contributed by atoms with Gasteiger partial charge in [-0.05, 0) is 0 Å². The van der Waals surface area contributed by atoms with Crippen molar-refractivity contribution in [2.75, 3.05) is 0 Å². The fourth-order valence-corrected chi connectivity index (χ4v) is 0. The maximum absolute atomic E-state index is 9.73. The van der Waals surface area contributed by atoms with Gasteiger partial charge in [0.1, 0.15) is 0 Å². The minimum atomic E-state index is -4.12. The van der Waals surface area contributed by atoms with Crippen LogP contribution in [0.3, 0.4) is 0 Å². The summed E-state index contributed by atoms with van der Waals surface area (Å²) < 4.78 is 29.2. The van der Waals surface area contributed by atoms with E-state index in [1.807, 2.05) is 0 Å². The van der Waals surface area contributed by atoms with Crippen LogP contribution < -0.4 is 6.15 Å². The van der Waals surface area contributed by atoms with Crippen molar-refractivity contribution in [3.63, 3.8) is 0 Å². The largest absolute Gasteiger partial charge is 0.456 e. The molecule has 0 aliphatic carbocycles. The first-order valence-electron chi connectivity index (χ1n) is 0.507. The highest BCUT2D eigenvalue weighted by Crippen LogP contribution is 2.39. The summed E-state index contributed by atoms with van der Waals surface area (Å²) >= 11 is 0. The van der Waals surface area contributed by atoms with Crippen molar-refractivity contribution in [1.82, 2.24) is 6.15 Å². The molecule has 0 amide bonds. The van der Waals surface area contributed by atoms with Crippen LogP contribution in [0.5, 0.6) is 0 Å². The van der Waals surface area contributed by atoms with Crippen LogP contribution in [-0.4, -0.2) is 0 Å². The van der Waals surface area contributed by atoms with E-state index in [0.717, 1.165) is 0 Å². The average Bonchev–Trinajstić information content (AvgIpc) is 0.811. The van der Waals surface area contributed by atoms with Gasteiger partial charge in [-0.3, -0.25) is 0 Å². The normalized spacial score (nSPS) is 7.20. The molecule has 0 aliphatic heterocycles. The van der Waals surface area contributed by atoms with Gasteiger partial charge in [-0.1, -0.05) is 0 Å². The maximum atomic E-state index is 9.73.